The van der Waals surface area contributed by atoms with Crippen LogP contribution in [0.1, 0.15) is 43.0 Å². The molecular weight excluding hydrogens is 412 g/mol. The lowest BCUT2D eigenvalue weighted by Gasteiger charge is -2.42. The van der Waals surface area contributed by atoms with Gasteiger partial charge in [-0.1, -0.05) is 35.9 Å². The molecule has 1 saturated heterocycles. The highest BCUT2D eigenvalue weighted by Crippen LogP contribution is 2.25. The average Bonchev–Trinajstić information content (AvgIpc) is 2.78. The van der Waals surface area contributed by atoms with E-state index in [9.17, 15) is 9.59 Å². The van der Waals surface area contributed by atoms with Crippen LogP contribution in [-0.4, -0.2) is 50.9 Å². The minimum Gasteiger partial charge on any atom is -0.333 e. The summed E-state index contributed by atoms with van der Waals surface area (Å²) >= 11 is 6.24. The lowest BCUT2D eigenvalue weighted by Crippen LogP contribution is -2.54. The van der Waals surface area contributed by atoms with Crippen molar-refractivity contribution >= 4 is 28.4 Å². The summed E-state index contributed by atoms with van der Waals surface area (Å²) < 4.78 is 1.76. The van der Waals surface area contributed by atoms with Gasteiger partial charge in [-0.2, -0.15) is 0 Å². The number of fused-ring (bicyclic) bond motifs is 1. The van der Waals surface area contributed by atoms with E-state index in [4.69, 9.17) is 16.6 Å². The second kappa shape index (κ2) is 8.81. The van der Waals surface area contributed by atoms with Gasteiger partial charge in [0.2, 0.25) is 0 Å². The molecular formula is C24H27ClN4O2. The van der Waals surface area contributed by atoms with Crippen LogP contribution in [0.25, 0.3) is 10.9 Å². The van der Waals surface area contributed by atoms with Crippen molar-refractivity contribution in [3.63, 3.8) is 0 Å². The van der Waals surface area contributed by atoms with Gasteiger partial charge in [-0.15, -0.1) is 0 Å². The minimum atomic E-state index is -0.0442. The molecule has 0 spiro atoms. The summed E-state index contributed by atoms with van der Waals surface area (Å²) in [5, 5.41) is 1.12. The molecule has 2 aromatic carbocycles. The third kappa shape index (κ3) is 3.98. The minimum absolute atomic E-state index is 0.00414. The molecule has 2 atom stereocenters. The van der Waals surface area contributed by atoms with Crippen molar-refractivity contribution in [2.75, 3.05) is 19.6 Å². The summed E-state index contributed by atoms with van der Waals surface area (Å²) in [6.45, 7) is 8.67. The van der Waals surface area contributed by atoms with Crippen LogP contribution < -0.4 is 5.56 Å². The number of benzene rings is 2. The van der Waals surface area contributed by atoms with Crippen molar-refractivity contribution in [3.8, 4) is 0 Å². The van der Waals surface area contributed by atoms with Crippen molar-refractivity contribution in [2.24, 2.45) is 0 Å². The van der Waals surface area contributed by atoms with Gasteiger partial charge >= 0.3 is 0 Å². The first kappa shape index (κ1) is 21.5. The van der Waals surface area contributed by atoms with E-state index < -0.39 is 0 Å². The number of hydrogen-bond donors (Lipinski definition) is 0. The number of carbonyl (C=O) groups excluding carboxylic acids is 1. The van der Waals surface area contributed by atoms with E-state index in [1.54, 1.807) is 16.7 Å². The van der Waals surface area contributed by atoms with Crippen LogP contribution in [0.15, 0.2) is 53.3 Å². The summed E-state index contributed by atoms with van der Waals surface area (Å²) in [6.07, 6.45) is 0. The fourth-order valence-electron chi connectivity index (χ4n) is 4.40. The van der Waals surface area contributed by atoms with Crippen LogP contribution >= 0.6 is 11.6 Å². The number of amides is 1. The SMILES string of the molecule is CCn1c(C(C)N2CCN(C(=O)c3ccccc3Cl)C(C)C2)nc2ccccc2c1=O. The molecule has 1 amide bonds. The van der Waals surface area contributed by atoms with Crippen LogP contribution in [0.2, 0.25) is 5.02 Å². The lowest BCUT2D eigenvalue weighted by molar-refractivity contribution is 0.0391. The highest BCUT2D eigenvalue weighted by atomic mass is 35.5. The molecule has 0 saturated carbocycles. The molecule has 3 aromatic rings. The monoisotopic (exact) mass is 438 g/mol. The van der Waals surface area contributed by atoms with Crippen LogP contribution in [0.3, 0.4) is 0 Å². The highest BCUT2D eigenvalue weighted by Gasteiger charge is 2.32. The zero-order chi connectivity index (χ0) is 22.1. The molecule has 0 aliphatic carbocycles. The Hall–Kier alpha value is -2.70. The van der Waals surface area contributed by atoms with Crippen LogP contribution in [0.5, 0.6) is 0 Å². The normalized spacial score (nSPS) is 18.3. The maximum Gasteiger partial charge on any atom is 0.261 e. The standard InChI is InChI=1S/C24H27ClN4O2/c1-4-28-22(26-21-12-8-6-10-19(21)24(28)31)17(3)27-13-14-29(16(2)15-27)23(30)18-9-5-7-11-20(18)25/h5-12,16-17H,4,13-15H2,1-3H3. The molecule has 0 bridgehead atoms. The Morgan fingerprint density at radius 1 is 1.16 bits per heavy atom. The van der Waals surface area contributed by atoms with Gasteiger partial charge in [0.15, 0.2) is 0 Å². The van der Waals surface area contributed by atoms with Crippen molar-refractivity contribution < 1.29 is 4.79 Å². The van der Waals surface area contributed by atoms with Gasteiger partial charge in [0.05, 0.1) is 27.5 Å². The summed E-state index contributed by atoms with van der Waals surface area (Å²) in [5.41, 5.74) is 1.25. The van der Waals surface area contributed by atoms with E-state index in [1.807, 2.05) is 55.1 Å². The predicted molar refractivity (Wildman–Crippen MR) is 124 cm³/mol. The highest BCUT2D eigenvalue weighted by molar-refractivity contribution is 6.33. The molecule has 1 aliphatic rings. The largest absolute Gasteiger partial charge is 0.333 e. The van der Waals surface area contributed by atoms with Crippen molar-refractivity contribution in [1.82, 2.24) is 19.4 Å². The molecule has 1 aromatic heterocycles. The van der Waals surface area contributed by atoms with Gasteiger partial charge in [0.1, 0.15) is 5.82 Å². The predicted octanol–water partition coefficient (Wildman–Crippen LogP) is 3.98. The molecule has 4 rings (SSSR count). The average molecular weight is 439 g/mol. The first-order valence-electron chi connectivity index (χ1n) is 10.7. The third-order valence-corrected chi connectivity index (χ3v) is 6.48. The number of piperazine rings is 1. The van der Waals surface area contributed by atoms with Crippen LogP contribution in [0, 0.1) is 0 Å². The summed E-state index contributed by atoms with van der Waals surface area (Å²) in [4.78, 5) is 35.1. The molecule has 1 fully saturated rings. The number of para-hydroxylation sites is 1. The van der Waals surface area contributed by atoms with Gasteiger partial charge < -0.3 is 4.90 Å². The van der Waals surface area contributed by atoms with Gasteiger partial charge in [-0.3, -0.25) is 19.1 Å². The molecule has 7 heteroatoms. The molecule has 1 aliphatic heterocycles. The Bertz CT molecular complexity index is 1180. The summed E-state index contributed by atoms with van der Waals surface area (Å²) in [7, 11) is 0. The molecule has 31 heavy (non-hydrogen) atoms. The van der Waals surface area contributed by atoms with Gasteiger partial charge in [-0.25, -0.2) is 4.98 Å². The summed E-state index contributed by atoms with van der Waals surface area (Å²) in [5.74, 6) is 0.726. The molecule has 0 radical (unpaired) electrons. The smallest absolute Gasteiger partial charge is 0.261 e. The second-order valence-corrected chi connectivity index (χ2v) is 8.44. The van der Waals surface area contributed by atoms with Crippen molar-refractivity contribution in [3.05, 3.63) is 75.3 Å². The number of halogens is 1. The van der Waals surface area contributed by atoms with Gasteiger partial charge in [-0.05, 0) is 45.0 Å². The molecule has 2 heterocycles. The molecule has 6 nitrogen and oxygen atoms in total. The van der Waals surface area contributed by atoms with E-state index in [1.165, 1.54) is 0 Å². The van der Waals surface area contributed by atoms with E-state index in [-0.39, 0.29) is 23.6 Å². The number of carbonyl (C=O) groups is 1. The van der Waals surface area contributed by atoms with Gasteiger partial charge in [0, 0.05) is 32.2 Å². The molecule has 2 unspecified atom stereocenters. The fraction of sp³-hybridized carbons (Fsp3) is 0.375. The Kier molecular flexibility index (Phi) is 6.12. The zero-order valence-corrected chi connectivity index (χ0v) is 18.8. The van der Waals surface area contributed by atoms with E-state index in [0.29, 0.717) is 42.2 Å². The van der Waals surface area contributed by atoms with E-state index in [0.717, 1.165) is 11.3 Å². The maximum atomic E-state index is 13.0. The van der Waals surface area contributed by atoms with Crippen LogP contribution in [-0.2, 0) is 6.54 Å². The fourth-order valence-corrected chi connectivity index (χ4v) is 4.62. The molecule has 0 N–H and O–H groups in total. The topological polar surface area (TPSA) is 58.4 Å². The first-order chi connectivity index (χ1) is 14.9. The Balaban J connectivity index is 1.58. The van der Waals surface area contributed by atoms with Gasteiger partial charge in [0.25, 0.3) is 11.5 Å². The van der Waals surface area contributed by atoms with Crippen molar-refractivity contribution in [2.45, 2.75) is 39.4 Å². The Morgan fingerprint density at radius 2 is 1.87 bits per heavy atom. The first-order valence-corrected chi connectivity index (χ1v) is 11.1. The van der Waals surface area contributed by atoms with E-state index >= 15 is 0 Å². The van der Waals surface area contributed by atoms with E-state index in [2.05, 4.69) is 11.8 Å². The quantitative estimate of drug-likeness (QED) is 0.618. The molecule has 162 valence electrons. The lowest BCUT2D eigenvalue weighted by atomic mass is 10.1. The third-order valence-electron chi connectivity index (χ3n) is 6.15. The maximum absolute atomic E-state index is 13.0. The number of rotatable bonds is 4. The van der Waals surface area contributed by atoms with Crippen LogP contribution in [0.4, 0.5) is 0 Å². The second-order valence-electron chi connectivity index (χ2n) is 8.03. The Morgan fingerprint density at radius 3 is 2.58 bits per heavy atom. The number of hydrogen-bond acceptors (Lipinski definition) is 4. The Labute approximate surface area is 187 Å². The zero-order valence-electron chi connectivity index (χ0n) is 18.1. The van der Waals surface area contributed by atoms with Crippen molar-refractivity contribution in [1.29, 1.82) is 0 Å². The summed E-state index contributed by atoms with van der Waals surface area (Å²) in [6, 6.07) is 14.6. The number of nitrogens with zero attached hydrogens (tertiary/aromatic N) is 4. The number of aromatic nitrogens is 2.